The molecule has 3 fully saturated rings. The number of allylic oxidation sites excluding steroid dienone is 4. The van der Waals surface area contributed by atoms with Crippen LogP contribution in [0.4, 0.5) is 0 Å². The predicted octanol–water partition coefficient (Wildman–Crippen LogP) is 6.14. The monoisotopic (exact) mass is 400 g/mol. The Hall–Kier alpha value is -1.35. The molecule has 0 spiro atoms. The number of fused-ring (bicyclic) bond motifs is 1. The highest BCUT2D eigenvalue weighted by Gasteiger charge is 2.50. The molecule has 0 aromatic heterocycles. The van der Waals surface area contributed by atoms with Crippen molar-refractivity contribution in [3.8, 4) is 0 Å². The lowest BCUT2D eigenvalue weighted by Gasteiger charge is -2.44. The van der Waals surface area contributed by atoms with Crippen molar-refractivity contribution in [3.05, 3.63) is 35.5 Å². The minimum absolute atomic E-state index is 0.0851. The molecule has 3 heteroatoms. The number of carbonyl (C=O) groups is 1. The minimum atomic E-state index is -0.205. The molecule has 0 unspecified atom stereocenters. The van der Waals surface area contributed by atoms with E-state index in [1.165, 1.54) is 50.4 Å². The average molecular weight is 401 g/mol. The van der Waals surface area contributed by atoms with Crippen LogP contribution in [0.1, 0.15) is 84.5 Å². The smallest absolute Gasteiger partial charge is 0.305 e. The van der Waals surface area contributed by atoms with E-state index in [1.807, 2.05) is 0 Å². The van der Waals surface area contributed by atoms with Crippen LogP contribution < -0.4 is 0 Å². The van der Waals surface area contributed by atoms with Crippen molar-refractivity contribution in [1.29, 1.82) is 0 Å². The lowest BCUT2D eigenvalue weighted by atomic mass is 9.60. The zero-order valence-electron chi connectivity index (χ0n) is 18.7. The fourth-order valence-electron chi connectivity index (χ4n) is 6.48. The van der Waals surface area contributed by atoms with E-state index in [0.717, 1.165) is 38.0 Å². The van der Waals surface area contributed by atoms with Gasteiger partial charge in [0.25, 0.3) is 0 Å². The molecular weight excluding hydrogens is 360 g/mol. The fourth-order valence-corrected chi connectivity index (χ4v) is 6.48. The summed E-state index contributed by atoms with van der Waals surface area (Å²) >= 11 is 0. The molecule has 29 heavy (non-hydrogen) atoms. The van der Waals surface area contributed by atoms with E-state index >= 15 is 0 Å². The third kappa shape index (κ3) is 5.05. The Morgan fingerprint density at radius 2 is 2.10 bits per heavy atom. The summed E-state index contributed by atoms with van der Waals surface area (Å²) in [5.41, 5.74) is 4.45. The number of hydrogen-bond acceptors (Lipinski definition) is 3. The zero-order valence-corrected chi connectivity index (χ0v) is 18.7. The van der Waals surface area contributed by atoms with Crippen LogP contribution >= 0.6 is 0 Å². The maximum atomic E-state index is 11.4. The van der Waals surface area contributed by atoms with Crippen LogP contribution in [0.3, 0.4) is 0 Å². The van der Waals surface area contributed by atoms with Gasteiger partial charge in [0.05, 0.1) is 13.2 Å². The quantitative estimate of drug-likeness (QED) is 0.545. The average Bonchev–Trinajstić information content (AvgIpc) is 3.06. The summed E-state index contributed by atoms with van der Waals surface area (Å²) in [6.07, 6.45) is 16.0. The molecule has 0 saturated heterocycles. The number of esters is 1. The van der Waals surface area contributed by atoms with E-state index in [-0.39, 0.29) is 12.1 Å². The standard InChI is InChI=1S/C26H40O3/c1-18-10-13-22(27)17-21(18)12-11-20-8-6-16-26(3)23(14-15-24(20)26)19(2)7-5-9-25(28)29-4/h11-12,19,22-24,27H,1,5-10,13-17H2,2-4H3/b20-11+,21-12-/t19-,22+,23-,24+,26-/m1/s1. The van der Waals surface area contributed by atoms with Crippen molar-refractivity contribution in [3.63, 3.8) is 0 Å². The Kier molecular flexibility index (Phi) is 7.42. The SMILES string of the molecule is C=C1CC[C@H](O)C/C1=C/C=C1\CCC[C@]2(C)[C@@H]([C@H](C)CCCC(=O)OC)CC[C@@H]12. The van der Waals surface area contributed by atoms with Crippen molar-refractivity contribution in [2.24, 2.45) is 23.2 Å². The van der Waals surface area contributed by atoms with E-state index in [9.17, 15) is 9.90 Å². The number of rotatable bonds is 6. The molecule has 0 radical (unpaired) electrons. The van der Waals surface area contributed by atoms with E-state index < -0.39 is 0 Å². The maximum absolute atomic E-state index is 11.4. The topological polar surface area (TPSA) is 46.5 Å². The molecule has 0 bridgehead atoms. The van der Waals surface area contributed by atoms with Crippen LogP contribution in [0, 0.1) is 23.2 Å². The van der Waals surface area contributed by atoms with Crippen LogP contribution in [0.25, 0.3) is 0 Å². The highest BCUT2D eigenvalue weighted by atomic mass is 16.5. The van der Waals surface area contributed by atoms with Gasteiger partial charge >= 0.3 is 5.97 Å². The molecule has 162 valence electrons. The molecule has 1 N–H and O–H groups in total. The van der Waals surface area contributed by atoms with Gasteiger partial charge < -0.3 is 9.84 Å². The second-order valence-electron chi connectivity index (χ2n) is 9.98. The van der Waals surface area contributed by atoms with E-state index in [2.05, 4.69) is 32.6 Å². The van der Waals surface area contributed by atoms with Crippen molar-refractivity contribution < 1.29 is 14.6 Å². The van der Waals surface area contributed by atoms with Gasteiger partial charge in [-0.25, -0.2) is 0 Å². The van der Waals surface area contributed by atoms with Crippen LogP contribution in [0.5, 0.6) is 0 Å². The molecule has 3 nitrogen and oxygen atoms in total. The molecule has 0 aliphatic heterocycles. The molecule has 5 atom stereocenters. The number of hydrogen-bond donors (Lipinski definition) is 1. The van der Waals surface area contributed by atoms with Gasteiger partial charge in [0, 0.05) is 6.42 Å². The Labute approximate surface area is 177 Å². The summed E-state index contributed by atoms with van der Waals surface area (Å²) in [6, 6.07) is 0. The summed E-state index contributed by atoms with van der Waals surface area (Å²) in [5.74, 6) is 1.99. The first-order valence-electron chi connectivity index (χ1n) is 11.7. The van der Waals surface area contributed by atoms with Crippen LogP contribution in [0.15, 0.2) is 35.5 Å². The molecule has 0 aromatic carbocycles. The van der Waals surface area contributed by atoms with Gasteiger partial charge in [-0.05, 0) is 93.0 Å². The molecule has 0 amide bonds. The van der Waals surface area contributed by atoms with Gasteiger partial charge in [0.1, 0.15) is 0 Å². The summed E-state index contributed by atoms with van der Waals surface area (Å²) < 4.78 is 4.79. The normalized spacial score (nSPS) is 36.3. The Bertz CT molecular complexity index is 673. The number of ether oxygens (including phenoxy) is 1. The largest absolute Gasteiger partial charge is 0.469 e. The third-order valence-electron chi connectivity index (χ3n) is 8.18. The first kappa shape index (κ1) is 22.3. The van der Waals surface area contributed by atoms with Crippen LogP contribution in [-0.2, 0) is 9.53 Å². The molecule has 3 rings (SSSR count). The van der Waals surface area contributed by atoms with Crippen LogP contribution in [-0.4, -0.2) is 24.3 Å². The van der Waals surface area contributed by atoms with E-state index in [4.69, 9.17) is 4.74 Å². The summed E-state index contributed by atoms with van der Waals surface area (Å²) in [7, 11) is 1.48. The lowest BCUT2D eigenvalue weighted by Crippen LogP contribution is -2.36. The van der Waals surface area contributed by atoms with Gasteiger partial charge in [0.2, 0.25) is 0 Å². The maximum Gasteiger partial charge on any atom is 0.305 e. The summed E-state index contributed by atoms with van der Waals surface area (Å²) in [5, 5.41) is 10.0. The van der Waals surface area contributed by atoms with Crippen molar-refractivity contribution in [2.75, 3.05) is 7.11 Å². The highest BCUT2D eigenvalue weighted by Crippen LogP contribution is 2.59. The molecule has 0 heterocycles. The first-order valence-corrected chi connectivity index (χ1v) is 11.7. The summed E-state index contributed by atoms with van der Waals surface area (Å²) in [4.78, 5) is 11.4. The van der Waals surface area contributed by atoms with Crippen molar-refractivity contribution in [1.82, 2.24) is 0 Å². The highest BCUT2D eigenvalue weighted by molar-refractivity contribution is 5.68. The number of aliphatic hydroxyl groups excluding tert-OH is 1. The first-order chi connectivity index (χ1) is 13.8. The molecular formula is C26H40O3. The minimum Gasteiger partial charge on any atom is -0.469 e. The van der Waals surface area contributed by atoms with E-state index in [1.54, 1.807) is 5.57 Å². The third-order valence-corrected chi connectivity index (χ3v) is 8.18. The summed E-state index contributed by atoms with van der Waals surface area (Å²) in [6.45, 7) is 9.13. The second kappa shape index (κ2) is 9.64. The lowest BCUT2D eigenvalue weighted by molar-refractivity contribution is -0.140. The fraction of sp³-hybridized carbons (Fsp3) is 0.731. The molecule has 3 saturated carbocycles. The Morgan fingerprint density at radius 3 is 2.86 bits per heavy atom. The van der Waals surface area contributed by atoms with E-state index in [0.29, 0.717) is 23.7 Å². The molecule has 3 aliphatic rings. The van der Waals surface area contributed by atoms with Crippen LogP contribution in [0.2, 0.25) is 0 Å². The van der Waals surface area contributed by atoms with Gasteiger partial charge in [-0.3, -0.25) is 4.79 Å². The van der Waals surface area contributed by atoms with Gasteiger partial charge in [-0.15, -0.1) is 0 Å². The number of methoxy groups -OCH3 is 1. The Balaban J connectivity index is 1.68. The van der Waals surface area contributed by atoms with Crippen molar-refractivity contribution >= 4 is 5.97 Å². The number of carbonyl (C=O) groups excluding carboxylic acids is 1. The zero-order chi connectivity index (χ0) is 21.0. The van der Waals surface area contributed by atoms with Gasteiger partial charge in [-0.1, -0.05) is 43.7 Å². The molecule has 0 aromatic rings. The number of aliphatic hydroxyl groups is 1. The van der Waals surface area contributed by atoms with Gasteiger partial charge in [0.15, 0.2) is 0 Å². The Morgan fingerprint density at radius 1 is 1.31 bits per heavy atom. The van der Waals surface area contributed by atoms with Gasteiger partial charge in [-0.2, -0.15) is 0 Å². The second-order valence-corrected chi connectivity index (χ2v) is 9.98. The predicted molar refractivity (Wildman–Crippen MR) is 118 cm³/mol. The molecule has 3 aliphatic carbocycles. The van der Waals surface area contributed by atoms with Crippen molar-refractivity contribution in [2.45, 2.75) is 90.6 Å².